The number of carbonyl (C=O) groups is 1. The van der Waals surface area contributed by atoms with Crippen molar-refractivity contribution >= 4 is 46.3 Å². The summed E-state index contributed by atoms with van der Waals surface area (Å²) in [6.45, 7) is 4.64. The van der Waals surface area contributed by atoms with Crippen LogP contribution < -0.4 is 20.1 Å². The van der Waals surface area contributed by atoms with Crippen molar-refractivity contribution in [3.8, 4) is 6.07 Å². The van der Waals surface area contributed by atoms with Gasteiger partial charge < -0.3 is 10.1 Å². The van der Waals surface area contributed by atoms with Gasteiger partial charge in [-0.25, -0.2) is 9.97 Å². The van der Waals surface area contributed by atoms with Crippen molar-refractivity contribution in [2.45, 2.75) is 35.5 Å². The summed E-state index contributed by atoms with van der Waals surface area (Å²) in [5.74, 6) is -0.603. The summed E-state index contributed by atoms with van der Waals surface area (Å²) in [5.41, 5.74) is -0.403. The van der Waals surface area contributed by atoms with Crippen molar-refractivity contribution in [1.29, 1.82) is 5.26 Å². The largest absolute Gasteiger partial charge is 0.376 e. The lowest BCUT2D eigenvalue weighted by molar-refractivity contribution is -0.387. The number of nitrogens with one attached hydrogen (secondary N) is 1. The molecule has 0 radical (unpaired) electrons. The maximum Gasteiger partial charge on any atom is 0.283 e. The van der Waals surface area contributed by atoms with Gasteiger partial charge in [-0.05, 0) is 48.4 Å². The van der Waals surface area contributed by atoms with Crippen LogP contribution in [-0.4, -0.2) is 44.6 Å². The van der Waals surface area contributed by atoms with Crippen LogP contribution in [0.5, 0.6) is 0 Å². The van der Waals surface area contributed by atoms with Gasteiger partial charge in [0, 0.05) is 38.2 Å². The van der Waals surface area contributed by atoms with Crippen LogP contribution in [0.2, 0.25) is 0 Å². The van der Waals surface area contributed by atoms with Crippen molar-refractivity contribution in [3.63, 3.8) is 0 Å². The van der Waals surface area contributed by atoms with Gasteiger partial charge in [0.2, 0.25) is 0 Å². The number of nitro groups is 1. The molecule has 2 aromatic heterocycles. The molecule has 0 saturated carbocycles. The second kappa shape index (κ2) is 12.4. The smallest absolute Gasteiger partial charge is 0.283 e. The number of nitrogens with zero attached hydrogens (tertiary/aromatic N) is 5. The van der Waals surface area contributed by atoms with E-state index in [0.717, 1.165) is 35.9 Å². The average Bonchev–Trinajstić information content (AvgIpc) is 3.54. The van der Waals surface area contributed by atoms with E-state index in [1.807, 2.05) is 6.07 Å². The van der Waals surface area contributed by atoms with Gasteiger partial charge in [-0.2, -0.15) is 5.26 Å². The Morgan fingerprint density at radius 3 is 2.87 bits per heavy atom. The van der Waals surface area contributed by atoms with Crippen molar-refractivity contribution < 1.29 is 14.5 Å². The molecule has 194 valence electrons. The molecule has 0 bridgehead atoms. The molecule has 1 amide bonds. The Morgan fingerprint density at radius 1 is 1.42 bits per heavy atom. The lowest BCUT2D eigenvalue weighted by atomic mass is 10.2. The first-order valence-electron chi connectivity index (χ1n) is 11.5. The highest BCUT2D eigenvalue weighted by molar-refractivity contribution is 7.99. The third-order valence-electron chi connectivity index (χ3n) is 5.51. The first kappa shape index (κ1) is 26.9. The number of carbonyl (C=O) groups excluding carboxylic acids is 1. The van der Waals surface area contributed by atoms with Gasteiger partial charge in [0.05, 0.1) is 20.5 Å². The van der Waals surface area contributed by atoms with Crippen LogP contribution in [0.1, 0.15) is 18.4 Å². The zero-order valence-corrected chi connectivity index (χ0v) is 21.7. The minimum absolute atomic E-state index is 0.0789. The first-order valence-corrected chi connectivity index (χ1v) is 13.1. The third-order valence-corrected chi connectivity index (χ3v) is 7.60. The van der Waals surface area contributed by atoms with E-state index in [1.54, 1.807) is 30.6 Å². The molecule has 0 spiro atoms. The molecule has 0 aliphatic carbocycles. The molecule has 4 rings (SSSR count). The number of amides is 1. The molecule has 38 heavy (non-hydrogen) atoms. The molecule has 1 saturated heterocycles. The number of thiazole rings is 1. The Balaban J connectivity index is 1.74. The fourth-order valence-electron chi connectivity index (χ4n) is 3.74. The SMILES string of the molecule is C=CCn1c(=O)/c(=C\c2ccc(Sc3ncccn3)c([N+](=O)[O-])c2)s/c1=C(/C#N)C(=O)NC[C@@H]1CCCO1. The second-order valence-electron chi connectivity index (χ2n) is 8.07. The summed E-state index contributed by atoms with van der Waals surface area (Å²) in [6, 6.07) is 8.11. The monoisotopic (exact) mass is 550 g/mol. The average molecular weight is 551 g/mol. The Kier molecular flexibility index (Phi) is 8.80. The van der Waals surface area contributed by atoms with Crippen LogP contribution in [0.4, 0.5) is 5.69 Å². The third kappa shape index (κ3) is 6.23. The summed E-state index contributed by atoms with van der Waals surface area (Å²) in [4.78, 5) is 45.8. The predicted molar refractivity (Wildman–Crippen MR) is 142 cm³/mol. The highest BCUT2D eigenvalue weighted by Crippen LogP contribution is 2.33. The predicted octanol–water partition coefficient (Wildman–Crippen LogP) is 1.74. The minimum atomic E-state index is -0.603. The highest BCUT2D eigenvalue weighted by atomic mass is 32.2. The highest BCUT2D eigenvalue weighted by Gasteiger charge is 2.20. The summed E-state index contributed by atoms with van der Waals surface area (Å²) < 4.78 is 7.19. The molecule has 11 nitrogen and oxygen atoms in total. The standard InChI is InChI=1S/C25H22N6O5S2/c1-2-10-30-23(33)21(37-24(30)18(14-26)22(32)29-15-17-5-3-11-36-17)13-16-6-7-20(19(12-16)31(34)35)38-25-27-8-4-9-28-25/h2,4,6-9,12-13,17H,1,3,5,10-11,15H2,(H,29,32)/b21-13+,24-18-/t17-/m0/s1. The number of hydrogen-bond acceptors (Lipinski definition) is 10. The van der Waals surface area contributed by atoms with Crippen molar-refractivity contribution in [1.82, 2.24) is 19.9 Å². The van der Waals surface area contributed by atoms with E-state index in [0.29, 0.717) is 22.2 Å². The van der Waals surface area contributed by atoms with Gasteiger partial charge in [-0.15, -0.1) is 17.9 Å². The maximum atomic E-state index is 13.2. The van der Waals surface area contributed by atoms with Crippen LogP contribution in [-0.2, 0) is 16.1 Å². The van der Waals surface area contributed by atoms with Crippen LogP contribution in [0.25, 0.3) is 11.6 Å². The number of hydrogen-bond donors (Lipinski definition) is 1. The summed E-state index contributed by atoms with van der Waals surface area (Å²) in [5, 5.41) is 24.6. The van der Waals surface area contributed by atoms with Crippen molar-refractivity contribution in [3.05, 3.63) is 84.5 Å². The Labute approximate surface area is 225 Å². The molecule has 3 heterocycles. The number of nitro benzene ring substituents is 1. The van der Waals surface area contributed by atoms with Crippen LogP contribution in [0.15, 0.2) is 64.2 Å². The zero-order valence-electron chi connectivity index (χ0n) is 20.0. The van der Waals surface area contributed by atoms with E-state index in [9.17, 15) is 25.0 Å². The van der Waals surface area contributed by atoms with E-state index in [-0.39, 0.29) is 39.6 Å². The van der Waals surface area contributed by atoms with Gasteiger partial charge >= 0.3 is 0 Å². The van der Waals surface area contributed by atoms with Gasteiger partial charge in [0.1, 0.15) is 10.7 Å². The van der Waals surface area contributed by atoms with Crippen molar-refractivity contribution in [2.24, 2.45) is 0 Å². The van der Waals surface area contributed by atoms with Gasteiger partial charge in [0.15, 0.2) is 10.7 Å². The van der Waals surface area contributed by atoms with Crippen LogP contribution in [0, 0.1) is 21.4 Å². The lowest BCUT2D eigenvalue weighted by Crippen LogP contribution is -2.36. The van der Waals surface area contributed by atoms with Crippen LogP contribution in [0.3, 0.4) is 0 Å². The van der Waals surface area contributed by atoms with Gasteiger partial charge in [-0.1, -0.05) is 12.1 Å². The number of nitriles is 1. The molecular weight excluding hydrogens is 528 g/mol. The number of ether oxygens (including phenoxy) is 1. The fourth-order valence-corrected chi connectivity index (χ4v) is 5.64. The summed E-state index contributed by atoms with van der Waals surface area (Å²) >= 11 is 2.01. The van der Waals surface area contributed by atoms with Crippen molar-refractivity contribution in [2.75, 3.05) is 13.2 Å². The molecule has 0 unspecified atom stereocenters. The van der Waals surface area contributed by atoms with E-state index in [1.165, 1.54) is 22.8 Å². The van der Waals surface area contributed by atoms with E-state index in [2.05, 4.69) is 21.9 Å². The maximum absolute atomic E-state index is 13.2. The molecule has 1 N–H and O–H groups in total. The summed E-state index contributed by atoms with van der Waals surface area (Å²) in [7, 11) is 0. The van der Waals surface area contributed by atoms with Gasteiger partial charge in [-0.3, -0.25) is 24.3 Å². The number of rotatable bonds is 9. The first-order chi connectivity index (χ1) is 18.4. The molecule has 1 aliphatic heterocycles. The normalized spacial score (nSPS) is 16.1. The second-order valence-corrected chi connectivity index (χ2v) is 10.1. The topological polar surface area (TPSA) is 153 Å². The van der Waals surface area contributed by atoms with Gasteiger partial charge in [0.25, 0.3) is 17.2 Å². The Morgan fingerprint density at radius 2 is 2.21 bits per heavy atom. The number of aromatic nitrogens is 3. The van der Waals surface area contributed by atoms with Crippen LogP contribution >= 0.6 is 23.1 Å². The fraction of sp³-hybridized carbons (Fsp3) is 0.240. The Bertz CT molecular complexity index is 1590. The zero-order chi connectivity index (χ0) is 27.1. The van der Waals surface area contributed by atoms with E-state index >= 15 is 0 Å². The Hall–Kier alpha value is -4.12. The molecular formula is C25H22N6O5S2. The molecule has 1 atom stereocenters. The molecule has 1 fully saturated rings. The minimum Gasteiger partial charge on any atom is -0.376 e. The quantitative estimate of drug-likeness (QED) is 0.182. The number of benzene rings is 1. The molecule has 13 heteroatoms. The molecule has 1 aromatic carbocycles. The number of allylic oxidation sites excluding steroid dienone is 1. The van der Waals surface area contributed by atoms with E-state index in [4.69, 9.17) is 4.74 Å². The van der Waals surface area contributed by atoms with E-state index < -0.39 is 16.4 Å². The summed E-state index contributed by atoms with van der Waals surface area (Å²) in [6.07, 6.45) is 7.70. The molecule has 3 aromatic rings. The lowest BCUT2D eigenvalue weighted by Gasteiger charge is -2.10. The molecule has 1 aliphatic rings.